The fraction of sp³-hybridized carbons (Fsp3) is 0.647. The van der Waals surface area contributed by atoms with E-state index in [2.05, 4.69) is 56.1 Å². The lowest BCUT2D eigenvalue weighted by Gasteiger charge is -2.24. The lowest BCUT2D eigenvalue weighted by atomic mass is 10.1. The minimum Gasteiger partial charge on any atom is -0.395 e. The van der Waals surface area contributed by atoms with Crippen molar-refractivity contribution < 1.29 is 5.11 Å². The third-order valence-electron chi connectivity index (χ3n) is 3.42. The van der Waals surface area contributed by atoms with Crippen LogP contribution in [0.2, 0.25) is 0 Å². The second kappa shape index (κ2) is 8.98. The summed E-state index contributed by atoms with van der Waals surface area (Å²) < 4.78 is 0. The van der Waals surface area contributed by atoms with E-state index in [1.54, 1.807) is 0 Å². The first kappa shape index (κ1) is 17.0. The van der Waals surface area contributed by atoms with Gasteiger partial charge in [-0.2, -0.15) is 0 Å². The SMILES string of the molecule is CCCN(CCO)c1ccc(CNCC(C)C)c(C)c1. The Morgan fingerprint density at radius 2 is 2.00 bits per heavy atom. The smallest absolute Gasteiger partial charge is 0.0606 e. The van der Waals surface area contributed by atoms with Crippen molar-refractivity contribution in [1.82, 2.24) is 5.32 Å². The standard InChI is InChI=1S/C17H30N2O/c1-5-8-19(9-10-20)17-7-6-16(15(4)11-17)13-18-12-14(2)3/h6-7,11,14,18,20H,5,8-10,12-13H2,1-4H3. The van der Waals surface area contributed by atoms with Crippen LogP contribution in [0, 0.1) is 12.8 Å². The Labute approximate surface area is 124 Å². The van der Waals surface area contributed by atoms with Crippen LogP contribution in [0.25, 0.3) is 0 Å². The molecule has 0 saturated carbocycles. The van der Waals surface area contributed by atoms with Crippen LogP contribution < -0.4 is 10.2 Å². The molecule has 0 radical (unpaired) electrons. The fourth-order valence-electron chi connectivity index (χ4n) is 2.33. The van der Waals surface area contributed by atoms with Crippen molar-refractivity contribution >= 4 is 5.69 Å². The van der Waals surface area contributed by atoms with Crippen LogP contribution in [0.5, 0.6) is 0 Å². The van der Waals surface area contributed by atoms with E-state index in [-0.39, 0.29) is 6.61 Å². The third-order valence-corrected chi connectivity index (χ3v) is 3.42. The normalized spacial score (nSPS) is 11.1. The lowest BCUT2D eigenvalue weighted by Crippen LogP contribution is -2.27. The Morgan fingerprint density at radius 1 is 1.25 bits per heavy atom. The largest absolute Gasteiger partial charge is 0.395 e. The molecule has 0 aliphatic carbocycles. The van der Waals surface area contributed by atoms with Gasteiger partial charge in [0.1, 0.15) is 0 Å². The highest BCUT2D eigenvalue weighted by molar-refractivity contribution is 5.50. The summed E-state index contributed by atoms with van der Waals surface area (Å²) in [4.78, 5) is 2.25. The molecule has 0 unspecified atom stereocenters. The molecule has 0 aromatic heterocycles. The third kappa shape index (κ3) is 5.51. The van der Waals surface area contributed by atoms with Gasteiger partial charge in [0.15, 0.2) is 0 Å². The summed E-state index contributed by atoms with van der Waals surface area (Å²) in [6.07, 6.45) is 1.09. The summed E-state index contributed by atoms with van der Waals surface area (Å²) in [5.41, 5.74) is 3.89. The van der Waals surface area contributed by atoms with Gasteiger partial charge in [-0.25, -0.2) is 0 Å². The number of nitrogens with one attached hydrogen (secondary N) is 1. The molecule has 1 aromatic carbocycles. The van der Waals surface area contributed by atoms with Gasteiger partial charge in [-0.3, -0.25) is 0 Å². The molecular formula is C17H30N2O. The van der Waals surface area contributed by atoms with Gasteiger partial charge in [-0.15, -0.1) is 0 Å². The van der Waals surface area contributed by atoms with E-state index in [9.17, 15) is 0 Å². The number of anilines is 1. The van der Waals surface area contributed by atoms with E-state index in [4.69, 9.17) is 5.11 Å². The molecule has 3 heteroatoms. The first-order chi connectivity index (χ1) is 9.58. The Bertz CT molecular complexity index is 385. The Kier molecular flexibility index (Phi) is 7.63. The molecule has 1 aromatic rings. The number of benzene rings is 1. The van der Waals surface area contributed by atoms with Gasteiger partial charge in [0, 0.05) is 25.3 Å². The molecule has 0 fully saturated rings. The molecule has 2 N–H and O–H groups in total. The molecule has 0 saturated heterocycles. The van der Waals surface area contributed by atoms with Gasteiger partial charge in [-0.05, 0) is 49.1 Å². The van der Waals surface area contributed by atoms with Crippen molar-refractivity contribution in [1.29, 1.82) is 0 Å². The molecule has 0 aliphatic heterocycles. The maximum Gasteiger partial charge on any atom is 0.0606 e. The van der Waals surface area contributed by atoms with E-state index in [0.717, 1.165) is 26.1 Å². The van der Waals surface area contributed by atoms with Gasteiger partial charge in [0.2, 0.25) is 0 Å². The number of rotatable bonds is 9. The summed E-state index contributed by atoms with van der Waals surface area (Å²) in [7, 11) is 0. The van der Waals surface area contributed by atoms with Gasteiger partial charge in [0.25, 0.3) is 0 Å². The van der Waals surface area contributed by atoms with Gasteiger partial charge < -0.3 is 15.3 Å². The molecule has 0 bridgehead atoms. The number of aliphatic hydroxyl groups is 1. The quantitative estimate of drug-likeness (QED) is 0.729. The number of aliphatic hydroxyl groups excluding tert-OH is 1. The molecule has 0 heterocycles. The summed E-state index contributed by atoms with van der Waals surface area (Å²) >= 11 is 0. The Balaban J connectivity index is 2.70. The predicted octanol–water partition coefficient (Wildman–Crippen LogP) is 2.95. The van der Waals surface area contributed by atoms with Crippen LogP contribution in [0.15, 0.2) is 18.2 Å². The van der Waals surface area contributed by atoms with Crippen LogP contribution in [0.3, 0.4) is 0 Å². The summed E-state index contributed by atoms with van der Waals surface area (Å²) in [6.45, 7) is 12.7. The predicted molar refractivity (Wildman–Crippen MR) is 87.3 cm³/mol. The minimum atomic E-state index is 0.205. The van der Waals surface area contributed by atoms with Gasteiger partial charge >= 0.3 is 0 Å². The van der Waals surface area contributed by atoms with Gasteiger partial charge in [-0.1, -0.05) is 26.8 Å². The number of aryl methyl sites for hydroxylation is 1. The Hall–Kier alpha value is -1.06. The summed E-state index contributed by atoms with van der Waals surface area (Å²) in [5.74, 6) is 0.680. The van der Waals surface area contributed by atoms with Crippen molar-refractivity contribution in [3.63, 3.8) is 0 Å². The first-order valence-electron chi connectivity index (χ1n) is 7.74. The highest BCUT2D eigenvalue weighted by Gasteiger charge is 2.07. The van der Waals surface area contributed by atoms with Crippen LogP contribution in [-0.4, -0.2) is 31.3 Å². The van der Waals surface area contributed by atoms with Crippen LogP contribution in [0.1, 0.15) is 38.3 Å². The maximum absolute atomic E-state index is 9.16. The summed E-state index contributed by atoms with van der Waals surface area (Å²) in [5, 5.41) is 12.7. The molecule has 0 atom stereocenters. The van der Waals surface area contributed by atoms with E-state index in [0.29, 0.717) is 12.5 Å². The topological polar surface area (TPSA) is 35.5 Å². The molecule has 20 heavy (non-hydrogen) atoms. The lowest BCUT2D eigenvalue weighted by molar-refractivity contribution is 0.302. The van der Waals surface area contributed by atoms with Crippen molar-refractivity contribution in [2.75, 3.05) is 31.1 Å². The second-order valence-electron chi connectivity index (χ2n) is 5.85. The molecule has 1 rings (SSSR count). The highest BCUT2D eigenvalue weighted by Crippen LogP contribution is 2.19. The zero-order valence-corrected chi connectivity index (χ0v) is 13.4. The fourth-order valence-corrected chi connectivity index (χ4v) is 2.33. The summed E-state index contributed by atoms with van der Waals surface area (Å²) in [6, 6.07) is 6.61. The van der Waals surface area contributed by atoms with Crippen LogP contribution in [0.4, 0.5) is 5.69 Å². The van der Waals surface area contributed by atoms with Crippen molar-refractivity contribution in [2.45, 2.75) is 40.7 Å². The number of hydrogen-bond donors (Lipinski definition) is 2. The van der Waals surface area contributed by atoms with E-state index < -0.39 is 0 Å². The monoisotopic (exact) mass is 278 g/mol. The van der Waals surface area contributed by atoms with Gasteiger partial charge in [0.05, 0.1) is 6.61 Å². The van der Waals surface area contributed by atoms with Crippen molar-refractivity contribution in [2.24, 2.45) is 5.92 Å². The zero-order chi connectivity index (χ0) is 15.0. The molecule has 0 spiro atoms. The molecule has 114 valence electrons. The molecule has 0 amide bonds. The zero-order valence-electron chi connectivity index (χ0n) is 13.4. The molecular weight excluding hydrogens is 248 g/mol. The van der Waals surface area contributed by atoms with E-state index >= 15 is 0 Å². The van der Waals surface area contributed by atoms with Crippen LogP contribution in [-0.2, 0) is 6.54 Å². The van der Waals surface area contributed by atoms with E-state index in [1.807, 2.05) is 0 Å². The molecule has 3 nitrogen and oxygen atoms in total. The number of nitrogens with zero attached hydrogens (tertiary/aromatic N) is 1. The Morgan fingerprint density at radius 3 is 2.55 bits per heavy atom. The average molecular weight is 278 g/mol. The number of hydrogen-bond acceptors (Lipinski definition) is 3. The second-order valence-corrected chi connectivity index (χ2v) is 5.85. The van der Waals surface area contributed by atoms with Crippen molar-refractivity contribution in [3.05, 3.63) is 29.3 Å². The molecule has 0 aliphatic rings. The highest BCUT2D eigenvalue weighted by atomic mass is 16.3. The first-order valence-corrected chi connectivity index (χ1v) is 7.74. The van der Waals surface area contributed by atoms with Crippen molar-refractivity contribution in [3.8, 4) is 0 Å². The van der Waals surface area contributed by atoms with Crippen LogP contribution >= 0.6 is 0 Å². The minimum absolute atomic E-state index is 0.205. The maximum atomic E-state index is 9.16. The van der Waals surface area contributed by atoms with E-state index in [1.165, 1.54) is 16.8 Å². The average Bonchev–Trinajstić information content (AvgIpc) is 2.40.